The molecule has 0 spiro atoms. The lowest BCUT2D eigenvalue weighted by Gasteiger charge is -2.24. The molecule has 1 heterocycles. The van der Waals surface area contributed by atoms with Gasteiger partial charge in [0, 0.05) is 6.20 Å². The third kappa shape index (κ3) is 3.76. The Labute approximate surface area is 145 Å². The van der Waals surface area contributed by atoms with Gasteiger partial charge in [-0.1, -0.05) is 6.08 Å². The van der Waals surface area contributed by atoms with E-state index in [2.05, 4.69) is 9.47 Å². The molecular formula is C17H13F4NO4. The molecular weight excluding hydrogens is 358 g/mol. The van der Waals surface area contributed by atoms with Gasteiger partial charge in [0.15, 0.2) is 0 Å². The SMILES string of the molecule is COC(=O)C1=C(C(=O)OC)N(c2cc(C(F)(F)F)ccc2F)C=CC=C1. The van der Waals surface area contributed by atoms with E-state index in [1.54, 1.807) is 0 Å². The van der Waals surface area contributed by atoms with Gasteiger partial charge in [0.25, 0.3) is 0 Å². The molecule has 1 aromatic carbocycles. The normalized spacial score (nSPS) is 14.3. The maximum Gasteiger partial charge on any atom is 0.416 e. The Morgan fingerprint density at radius 1 is 1.04 bits per heavy atom. The number of nitrogens with zero attached hydrogens (tertiary/aromatic N) is 1. The van der Waals surface area contributed by atoms with Crippen LogP contribution in [0.25, 0.3) is 0 Å². The first-order chi connectivity index (χ1) is 12.2. The molecule has 0 bridgehead atoms. The largest absolute Gasteiger partial charge is 0.465 e. The number of methoxy groups -OCH3 is 2. The van der Waals surface area contributed by atoms with Crippen LogP contribution in [-0.4, -0.2) is 26.2 Å². The van der Waals surface area contributed by atoms with Crippen LogP contribution in [0.15, 0.2) is 53.9 Å². The number of alkyl halides is 3. The van der Waals surface area contributed by atoms with Gasteiger partial charge in [0.2, 0.25) is 0 Å². The summed E-state index contributed by atoms with van der Waals surface area (Å²) < 4.78 is 62.4. The van der Waals surface area contributed by atoms with Crippen LogP contribution in [0.4, 0.5) is 23.2 Å². The number of carbonyl (C=O) groups is 2. The standard InChI is InChI=1S/C17H13F4NO4/c1-25-15(23)11-5-3-4-8-22(14(11)16(24)26-2)13-9-10(17(19,20)21)6-7-12(13)18/h3-9H,1-2H3. The zero-order valence-electron chi connectivity index (χ0n) is 13.6. The average molecular weight is 371 g/mol. The first kappa shape index (κ1) is 19.2. The average Bonchev–Trinajstić information content (AvgIpc) is 2.82. The molecule has 5 nitrogen and oxygen atoms in total. The molecule has 1 aliphatic rings. The molecule has 0 N–H and O–H groups in total. The molecule has 1 aliphatic heterocycles. The van der Waals surface area contributed by atoms with Crippen molar-refractivity contribution in [2.24, 2.45) is 0 Å². The van der Waals surface area contributed by atoms with E-state index in [4.69, 9.17) is 0 Å². The van der Waals surface area contributed by atoms with Crippen LogP contribution in [0.5, 0.6) is 0 Å². The molecule has 138 valence electrons. The number of hydrogen-bond acceptors (Lipinski definition) is 5. The first-order valence-corrected chi connectivity index (χ1v) is 7.12. The summed E-state index contributed by atoms with van der Waals surface area (Å²) in [6.45, 7) is 0. The van der Waals surface area contributed by atoms with Crippen molar-refractivity contribution in [3.63, 3.8) is 0 Å². The summed E-state index contributed by atoms with van der Waals surface area (Å²) in [4.78, 5) is 25.0. The fraction of sp³-hybridized carbons (Fsp3) is 0.176. The van der Waals surface area contributed by atoms with E-state index in [1.165, 1.54) is 18.2 Å². The molecule has 0 saturated carbocycles. The minimum Gasteiger partial charge on any atom is -0.465 e. The van der Waals surface area contributed by atoms with E-state index in [9.17, 15) is 27.2 Å². The summed E-state index contributed by atoms with van der Waals surface area (Å²) in [7, 11) is 2.08. The molecule has 1 aromatic rings. The zero-order valence-corrected chi connectivity index (χ0v) is 13.6. The number of halogens is 4. The van der Waals surface area contributed by atoms with Gasteiger partial charge in [-0.15, -0.1) is 0 Å². The van der Waals surface area contributed by atoms with Crippen molar-refractivity contribution in [1.29, 1.82) is 0 Å². The highest BCUT2D eigenvalue weighted by Gasteiger charge is 2.34. The summed E-state index contributed by atoms with van der Waals surface area (Å²) in [6, 6.07) is 1.72. The van der Waals surface area contributed by atoms with E-state index in [0.717, 1.165) is 25.3 Å². The van der Waals surface area contributed by atoms with Crippen molar-refractivity contribution in [2.75, 3.05) is 19.1 Å². The Bertz CT molecular complexity index is 825. The molecule has 0 saturated heterocycles. The van der Waals surface area contributed by atoms with Gasteiger partial charge in [0.05, 0.1) is 31.0 Å². The molecule has 26 heavy (non-hydrogen) atoms. The summed E-state index contributed by atoms with van der Waals surface area (Å²) >= 11 is 0. The van der Waals surface area contributed by atoms with E-state index in [0.29, 0.717) is 18.2 Å². The number of carbonyl (C=O) groups excluding carboxylic acids is 2. The van der Waals surface area contributed by atoms with Crippen LogP contribution >= 0.6 is 0 Å². The number of allylic oxidation sites excluding steroid dienone is 2. The highest BCUT2D eigenvalue weighted by molar-refractivity contribution is 6.05. The van der Waals surface area contributed by atoms with Gasteiger partial charge in [0.1, 0.15) is 11.5 Å². The summed E-state index contributed by atoms with van der Waals surface area (Å²) in [6.07, 6.45) is 0.285. The highest BCUT2D eigenvalue weighted by atomic mass is 19.4. The summed E-state index contributed by atoms with van der Waals surface area (Å²) in [5, 5.41) is 0. The number of rotatable bonds is 3. The Morgan fingerprint density at radius 3 is 2.27 bits per heavy atom. The Morgan fingerprint density at radius 2 is 1.69 bits per heavy atom. The Kier molecular flexibility index (Phi) is 5.49. The van der Waals surface area contributed by atoms with Crippen molar-refractivity contribution in [3.05, 3.63) is 65.3 Å². The number of benzene rings is 1. The fourth-order valence-electron chi connectivity index (χ4n) is 2.22. The predicted octanol–water partition coefficient (Wildman–Crippen LogP) is 3.33. The van der Waals surface area contributed by atoms with Crippen LogP contribution < -0.4 is 4.90 Å². The smallest absolute Gasteiger partial charge is 0.416 e. The van der Waals surface area contributed by atoms with E-state index >= 15 is 0 Å². The second-order valence-electron chi connectivity index (χ2n) is 4.98. The van der Waals surface area contributed by atoms with Crippen LogP contribution in [0, 0.1) is 5.82 Å². The molecule has 0 aliphatic carbocycles. The molecule has 0 atom stereocenters. The number of anilines is 1. The van der Waals surface area contributed by atoms with Gasteiger partial charge >= 0.3 is 18.1 Å². The topological polar surface area (TPSA) is 55.8 Å². The van der Waals surface area contributed by atoms with Crippen molar-refractivity contribution in [3.8, 4) is 0 Å². The second-order valence-corrected chi connectivity index (χ2v) is 4.98. The molecule has 0 radical (unpaired) electrons. The van der Waals surface area contributed by atoms with Gasteiger partial charge in [-0.2, -0.15) is 13.2 Å². The second kappa shape index (κ2) is 7.42. The summed E-state index contributed by atoms with van der Waals surface area (Å²) in [5.41, 5.74) is -2.49. The van der Waals surface area contributed by atoms with E-state index in [1.807, 2.05) is 0 Å². The quantitative estimate of drug-likeness (QED) is 0.603. The van der Waals surface area contributed by atoms with Gasteiger partial charge < -0.3 is 14.4 Å². The molecule has 0 fully saturated rings. The maximum atomic E-state index is 14.3. The van der Waals surface area contributed by atoms with Crippen LogP contribution in [-0.2, 0) is 25.2 Å². The van der Waals surface area contributed by atoms with Crippen LogP contribution in [0.3, 0.4) is 0 Å². The minimum atomic E-state index is -4.73. The minimum absolute atomic E-state index is 0.304. The highest BCUT2D eigenvalue weighted by Crippen LogP contribution is 2.35. The molecule has 2 rings (SSSR count). The van der Waals surface area contributed by atoms with Crippen LogP contribution in [0.1, 0.15) is 5.56 Å². The molecule has 0 unspecified atom stereocenters. The molecule has 9 heteroatoms. The Balaban J connectivity index is 2.73. The van der Waals surface area contributed by atoms with Crippen molar-refractivity contribution in [1.82, 2.24) is 0 Å². The molecule has 0 amide bonds. The van der Waals surface area contributed by atoms with Gasteiger partial charge in [-0.25, -0.2) is 14.0 Å². The zero-order chi connectivity index (χ0) is 19.5. The number of hydrogen-bond donors (Lipinski definition) is 0. The van der Waals surface area contributed by atoms with E-state index < -0.39 is 40.9 Å². The lowest BCUT2D eigenvalue weighted by molar-refractivity contribution is -0.139. The van der Waals surface area contributed by atoms with E-state index in [-0.39, 0.29) is 5.57 Å². The fourth-order valence-corrected chi connectivity index (χ4v) is 2.22. The third-order valence-corrected chi connectivity index (χ3v) is 3.42. The van der Waals surface area contributed by atoms with Crippen molar-refractivity contribution in [2.45, 2.75) is 6.18 Å². The van der Waals surface area contributed by atoms with Crippen molar-refractivity contribution >= 4 is 17.6 Å². The molecule has 0 aromatic heterocycles. The Hall–Kier alpha value is -3.10. The van der Waals surface area contributed by atoms with Gasteiger partial charge in [-0.3, -0.25) is 0 Å². The predicted molar refractivity (Wildman–Crippen MR) is 83.2 cm³/mol. The summed E-state index contributed by atoms with van der Waals surface area (Å²) in [5.74, 6) is -3.03. The lowest BCUT2D eigenvalue weighted by atomic mass is 10.1. The monoisotopic (exact) mass is 371 g/mol. The third-order valence-electron chi connectivity index (χ3n) is 3.42. The first-order valence-electron chi connectivity index (χ1n) is 7.12. The van der Waals surface area contributed by atoms with Crippen LogP contribution in [0.2, 0.25) is 0 Å². The number of esters is 2. The maximum absolute atomic E-state index is 14.3. The lowest BCUT2D eigenvalue weighted by Crippen LogP contribution is -2.27. The van der Waals surface area contributed by atoms with Gasteiger partial charge in [-0.05, 0) is 30.4 Å². The number of ether oxygens (including phenoxy) is 2. The van der Waals surface area contributed by atoms with Crippen molar-refractivity contribution < 1.29 is 36.6 Å².